The summed E-state index contributed by atoms with van der Waals surface area (Å²) in [4.78, 5) is 13.5. The summed E-state index contributed by atoms with van der Waals surface area (Å²) < 4.78 is 28.4. The number of rotatable bonds is 4. The molecule has 0 spiro atoms. The number of carbonyl (C=O) groups is 1. The Kier molecular flexibility index (Phi) is 4.31. The molecule has 1 N–H and O–H groups in total. The molecule has 6 heteroatoms. The molecule has 0 saturated carbocycles. The van der Waals surface area contributed by atoms with Crippen LogP contribution in [0.4, 0.5) is 8.78 Å². The Hall–Kier alpha value is -1.69. The fourth-order valence-corrected chi connectivity index (χ4v) is 2.09. The van der Waals surface area contributed by atoms with Crippen LogP contribution in [0.5, 0.6) is 5.75 Å². The highest BCUT2D eigenvalue weighted by Crippen LogP contribution is 2.18. The lowest BCUT2D eigenvalue weighted by atomic mass is 10.1. The molecule has 0 bridgehead atoms. The lowest BCUT2D eigenvalue weighted by molar-refractivity contribution is -0.129. The highest BCUT2D eigenvalue weighted by Gasteiger charge is 2.24. The number of amides is 1. The number of halogens is 2. The largest absolute Gasteiger partial charge is 0.435 e. The fraction of sp³-hybridized carbons (Fsp3) is 0.462. The zero-order valence-electron chi connectivity index (χ0n) is 10.3. The van der Waals surface area contributed by atoms with Crippen molar-refractivity contribution in [1.82, 2.24) is 4.90 Å². The SMILES string of the molecule is O=C(Cc1cccc(OC(F)F)c1)N1CC[C@H](O)C1. The van der Waals surface area contributed by atoms with E-state index >= 15 is 0 Å². The summed E-state index contributed by atoms with van der Waals surface area (Å²) in [7, 11) is 0. The second kappa shape index (κ2) is 5.97. The Morgan fingerprint density at radius 2 is 2.32 bits per heavy atom. The number of aliphatic hydroxyl groups is 1. The van der Waals surface area contributed by atoms with E-state index in [2.05, 4.69) is 4.74 Å². The van der Waals surface area contributed by atoms with Gasteiger partial charge in [0, 0.05) is 13.1 Å². The van der Waals surface area contributed by atoms with Gasteiger partial charge in [-0.25, -0.2) is 0 Å². The molecule has 104 valence electrons. The lowest BCUT2D eigenvalue weighted by Gasteiger charge is -2.15. The van der Waals surface area contributed by atoms with Gasteiger partial charge in [-0.2, -0.15) is 8.78 Å². The van der Waals surface area contributed by atoms with Gasteiger partial charge in [-0.1, -0.05) is 12.1 Å². The molecule has 0 aromatic heterocycles. The van der Waals surface area contributed by atoms with Crippen molar-refractivity contribution in [3.63, 3.8) is 0 Å². The predicted octanol–water partition coefficient (Wildman–Crippen LogP) is 1.42. The average Bonchev–Trinajstić information content (AvgIpc) is 2.75. The number of β-amino-alcohol motifs (C(OH)–C–C–N with tert-alkyl or cyclic N) is 1. The van der Waals surface area contributed by atoms with Crippen molar-refractivity contribution in [2.75, 3.05) is 13.1 Å². The molecule has 1 aromatic rings. The Morgan fingerprint density at radius 1 is 1.53 bits per heavy atom. The zero-order valence-corrected chi connectivity index (χ0v) is 10.3. The molecule has 4 nitrogen and oxygen atoms in total. The van der Waals surface area contributed by atoms with Gasteiger partial charge in [-0.15, -0.1) is 0 Å². The van der Waals surface area contributed by atoms with Crippen molar-refractivity contribution in [2.24, 2.45) is 0 Å². The molecule has 2 rings (SSSR count). The Morgan fingerprint density at radius 3 is 2.95 bits per heavy atom. The first-order valence-corrected chi connectivity index (χ1v) is 6.04. The van der Waals surface area contributed by atoms with Crippen LogP contribution in [-0.4, -0.2) is 41.7 Å². The van der Waals surface area contributed by atoms with E-state index in [0.29, 0.717) is 25.1 Å². The van der Waals surface area contributed by atoms with Gasteiger partial charge in [0.2, 0.25) is 5.91 Å². The zero-order chi connectivity index (χ0) is 13.8. The van der Waals surface area contributed by atoms with Crippen LogP contribution in [0.15, 0.2) is 24.3 Å². The minimum Gasteiger partial charge on any atom is -0.435 e. The highest BCUT2D eigenvalue weighted by molar-refractivity contribution is 5.79. The first kappa shape index (κ1) is 13.7. The maximum absolute atomic E-state index is 12.1. The molecule has 1 aromatic carbocycles. The number of hydrogen-bond acceptors (Lipinski definition) is 3. The lowest BCUT2D eigenvalue weighted by Crippen LogP contribution is -2.30. The minimum absolute atomic E-state index is 0.0433. The van der Waals surface area contributed by atoms with Gasteiger partial charge in [-0.05, 0) is 24.1 Å². The number of carbonyl (C=O) groups excluding carboxylic acids is 1. The average molecular weight is 271 g/mol. The third kappa shape index (κ3) is 3.89. The summed E-state index contributed by atoms with van der Waals surface area (Å²) >= 11 is 0. The smallest absolute Gasteiger partial charge is 0.387 e. The molecular weight excluding hydrogens is 256 g/mol. The van der Waals surface area contributed by atoms with Crippen molar-refractivity contribution in [3.8, 4) is 5.75 Å². The van der Waals surface area contributed by atoms with Crippen LogP contribution in [0.1, 0.15) is 12.0 Å². The van der Waals surface area contributed by atoms with Crippen LogP contribution >= 0.6 is 0 Å². The normalized spacial score (nSPS) is 18.9. The van der Waals surface area contributed by atoms with Gasteiger partial charge >= 0.3 is 6.61 Å². The Bertz CT molecular complexity index is 453. The number of hydrogen-bond donors (Lipinski definition) is 1. The maximum Gasteiger partial charge on any atom is 0.387 e. The molecule has 0 unspecified atom stereocenters. The summed E-state index contributed by atoms with van der Waals surface area (Å²) in [6.45, 7) is -2.00. The molecule has 1 amide bonds. The maximum atomic E-state index is 12.1. The van der Waals surface area contributed by atoms with Crippen LogP contribution in [-0.2, 0) is 11.2 Å². The highest BCUT2D eigenvalue weighted by atomic mass is 19.3. The van der Waals surface area contributed by atoms with E-state index in [0.717, 1.165) is 0 Å². The third-order valence-corrected chi connectivity index (χ3v) is 3.00. The molecule has 1 saturated heterocycles. The van der Waals surface area contributed by atoms with Crippen LogP contribution in [0.25, 0.3) is 0 Å². The molecule has 0 aliphatic carbocycles. The van der Waals surface area contributed by atoms with Crippen molar-refractivity contribution in [3.05, 3.63) is 29.8 Å². The quantitative estimate of drug-likeness (QED) is 0.901. The summed E-state index contributed by atoms with van der Waals surface area (Å²) in [5, 5.41) is 9.36. The van der Waals surface area contributed by atoms with E-state index in [-0.39, 0.29) is 18.1 Å². The van der Waals surface area contributed by atoms with Gasteiger partial charge in [-0.3, -0.25) is 4.79 Å². The number of ether oxygens (including phenoxy) is 1. The molecular formula is C13H15F2NO3. The molecule has 0 radical (unpaired) electrons. The first-order valence-electron chi connectivity index (χ1n) is 6.04. The summed E-state index contributed by atoms with van der Waals surface area (Å²) in [5.41, 5.74) is 0.615. The fourth-order valence-electron chi connectivity index (χ4n) is 2.09. The summed E-state index contributed by atoms with van der Waals surface area (Å²) in [6.07, 6.45) is 0.241. The standard InChI is InChI=1S/C13H15F2NO3/c14-13(15)19-11-3-1-2-9(6-11)7-12(18)16-5-4-10(17)8-16/h1-3,6,10,13,17H,4-5,7-8H2/t10-/m0/s1. The molecule has 1 aliphatic heterocycles. The van der Waals surface area contributed by atoms with E-state index < -0.39 is 12.7 Å². The van der Waals surface area contributed by atoms with Crippen LogP contribution in [0, 0.1) is 0 Å². The van der Waals surface area contributed by atoms with E-state index in [1.54, 1.807) is 17.0 Å². The monoisotopic (exact) mass is 271 g/mol. The van der Waals surface area contributed by atoms with Crippen LogP contribution in [0.3, 0.4) is 0 Å². The van der Waals surface area contributed by atoms with Gasteiger partial charge < -0.3 is 14.7 Å². The topological polar surface area (TPSA) is 49.8 Å². The third-order valence-electron chi connectivity index (χ3n) is 3.00. The van der Waals surface area contributed by atoms with E-state index in [1.165, 1.54) is 12.1 Å². The van der Waals surface area contributed by atoms with Crippen molar-refractivity contribution >= 4 is 5.91 Å². The molecule has 1 fully saturated rings. The summed E-state index contributed by atoms with van der Waals surface area (Å²) in [6, 6.07) is 6.10. The van der Waals surface area contributed by atoms with Gasteiger partial charge in [0.05, 0.1) is 12.5 Å². The minimum atomic E-state index is -2.88. The van der Waals surface area contributed by atoms with Crippen LogP contribution < -0.4 is 4.74 Å². The Balaban J connectivity index is 1.96. The van der Waals surface area contributed by atoms with E-state index in [4.69, 9.17) is 0 Å². The molecule has 1 aliphatic rings. The van der Waals surface area contributed by atoms with Crippen molar-refractivity contribution in [1.29, 1.82) is 0 Å². The van der Waals surface area contributed by atoms with Gasteiger partial charge in [0.15, 0.2) is 0 Å². The van der Waals surface area contributed by atoms with Gasteiger partial charge in [0.25, 0.3) is 0 Å². The van der Waals surface area contributed by atoms with Crippen molar-refractivity contribution < 1.29 is 23.4 Å². The molecule has 1 heterocycles. The Labute approximate surface area is 109 Å². The number of likely N-dealkylation sites (tertiary alicyclic amines) is 1. The molecule has 1 atom stereocenters. The van der Waals surface area contributed by atoms with E-state index in [1.807, 2.05) is 0 Å². The number of alkyl halides is 2. The van der Waals surface area contributed by atoms with E-state index in [9.17, 15) is 18.7 Å². The second-order valence-electron chi connectivity index (χ2n) is 4.48. The predicted molar refractivity (Wildman–Crippen MR) is 64.0 cm³/mol. The first-order chi connectivity index (χ1) is 9.04. The number of aliphatic hydroxyl groups excluding tert-OH is 1. The van der Waals surface area contributed by atoms with Gasteiger partial charge in [0.1, 0.15) is 5.75 Å². The number of nitrogens with zero attached hydrogens (tertiary/aromatic N) is 1. The van der Waals surface area contributed by atoms with Crippen LogP contribution in [0.2, 0.25) is 0 Å². The molecule has 19 heavy (non-hydrogen) atoms. The summed E-state index contributed by atoms with van der Waals surface area (Å²) in [5.74, 6) is -0.0764. The van der Waals surface area contributed by atoms with Crippen molar-refractivity contribution in [2.45, 2.75) is 25.6 Å². The number of benzene rings is 1. The second-order valence-corrected chi connectivity index (χ2v) is 4.48.